The van der Waals surface area contributed by atoms with Crippen LogP contribution < -0.4 is 15.4 Å². The molecule has 0 aliphatic rings. The molecule has 0 aliphatic heterocycles. The minimum Gasteiger partial charge on any atom is -0.492 e. The average molecular weight is 306 g/mol. The van der Waals surface area contributed by atoms with Crippen LogP contribution in [0, 0.1) is 0 Å². The molecule has 4 nitrogen and oxygen atoms in total. The maximum Gasteiger partial charge on any atom is 0.314 e. The summed E-state index contributed by atoms with van der Waals surface area (Å²) in [4.78, 5) is 11.5. The molecule has 2 amide bonds. The third kappa shape index (κ3) is 7.34. The molecule has 0 saturated heterocycles. The Morgan fingerprint density at radius 3 is 2.27 bits per heavy atom. The summed E-state index contributed by atoms with van der Waals surface area (Å²) in [5, 5.41) is 5.63. The van der Waals surface area contributed by atoms with Crippen molar-refractivity contribution in [2.24, 2.45) is 0 Å². The monoisotopic (exact) mass is 306 g/mol. The lowest BCUT2D eigenvalue weighted by Crippen LogP contribution is -2.38. The smallest absolute Gasteiger partial charge is 0.314 e. The van der Waals surface area contributed by atoms with Crippen molar-refractivity contribution in [3.63, 3.8) is 0 Å². The topological polar surface area (TPSA) is 50.4 Å². The molecule has 0 unspecified atom stereocenters. The van der Waals surface area contributed by atoms with Crippen molar-refractivity contribution in [3.8, 4) is 5.75 Å². The lowest BCUT2D eigenvalue weighted by atomic mass is 9.87. The molecule has 0 saturated carbocycles. The van der Waals surface area contributed by atoms with Crippen LogP contribution in [0.5, 0.6) is 5.75 Å². The summed E-state index contributed by atoms with van der Waals surface area (Å²) in [6, 6.07) is 8.01. The molecule has 0 atom stereocenters. The van der Waals surface area contributed by atoms with Gasteiger partial charge in [0.25, 0.3) is 0 Å². The zero-order valence-electron chi connectivity index (χ0n) is 14.4. The number of carbonyl (C=O) groups is 1. The number of hydrogen-bond acceptors (Lipinski definition) is 2. The quantitative estimate of drug-likeness (QED) is 0.717. The zero-order valence-corrected chi connectivity index (χ0v) is 14.4. The minimum absolute atomic E-state index is 0.122. The van der Waals surface area contributed by atoms with Gasteiger partial charge in [-0.2, -0.15) is 0 Å². The van der Waals surface area contributed by atoms with E-state index in [1.165, 1.54) is 5.56 Å². The first-order chi connectivity index (χ1) is 10.4. The van der Waals surface area contributed by atoms with Crippen LogP contribution >= 0.6 is 0 Å². The Balaban J connectivity index is 2.18. The van der Waals surface area contributed by atoms with Crippen LogP contribution in [-0.2, 0) is 5.41 Å². The Morgan fingerprint density at radius 1 is 1.05 bits per heavy atom. The number of urea groups is 1. The molecular weight excluding hydrogens is 276 g/mol. The number of hydrogen-bond donors (Lipinski definition) is 2. The fraction of sp³-hybridized carbons (Fsp3) is 0.611. The van der Waals surface area contributed by atoms with E-state index in [-0.39, 0.29) is 11.4 Å². The number of amides is 2. The lowest BCUT2D eigenvalue weighted by Gasteiger charge is -2.19. The lowest BCUT2D eigenvalue weighted by molar-refractivity contribution is 0.236. The van der Waals surface area contributed by atoms with Crippen molar-refractivity contribution in [1.82, 2.24) is 10.6 Å². The first-order valence-electron chi connectivity index (χ1n) is 8.18. The molecule has 0 spiro atoms. The average Bonchev–Trinajstić information content (AvgIpc) is 2.48. The Labute approximate surface area is 134 Å². The van der Waals surface area contributed by atoms with Crippen molar-refractivity contribution >= 4 is 6.03 Å². The van der Waals surface area contributed by atoms with E-state index in [1.807, 2.05) is 12.1 Å². The van der Waals surface area contributed by atoms with Crippen molar-refractivity contribution in [2.75, 3.05) is 19.7 Å². The van der Waals surface area contributed by atoms with Crippen LogP contribution in [0.1, 0.15) is 52.5 Å². The standard InChI is InChI=1S/C18H30N2O2/c1-5-6-7-12-19-17(21)20-13-14-22-16-10-8-15(9-11-16)18(2,3)4/h8-11H,5-7,12-14H2,1-4H3,(H2,19,20,21). The van der Waals surface area contributed by atoms with Crippen molar-refractivity contribution in [3.05, 3.63) is 29.8 Å². The predicted octanol–water partition coefficient (Wildman–Crippen LogP) is 3.85. The number of unbranched alkanes of at least 4 members (excludes halogenated alkanes) is 2. The van der Waals surface area contributed by atoms with Gasteiger partial charge < -0.3 is 15.4 Å². The van der Waals surface area contributed by atoms with Gasteiger partial charge in [0.2, 0.25) is 0 Å². The molecule has 0 aliphatic carbocycles. The SMILES string of the molecule is CCCCCNC(=O)NCCOc1ccc(C(C)(C)C)cc1. The molecule has 1 aromatic carbocycles. The second kappa shape index (κ2) is 9.34. The molecule has 2 N–H and O–H groups in total. The van der Waals surface area contributed by atoms with E-state index in [0.29, 0.717) is 13.2 Å². The highest BCUT2D eigenvalue weighted by molar-refractivity contribution is 5.73. The maximum absolute atomic E-state index is 11.5. The first kappa shape index (κ1) is 18.3. The van der Waals surface area contributed by atoms with E-state index in [9.17, 15) is 4.79 Å². The highest BCUT2D eigenvalue weighted by Crippen LogP contribution is 2.24. The summed E-state index contributed by atoms with van der Waals surface area (Å²) in [5.74, 6) is 0.832. The number of nitrogens with one attached hydrogen (secondary N) is 2. The second-order valence-corrected chi connectivity index (χ2v) is 6.51. The summed E-state index contributed by atoms with van der Waals surface area (Å²) in [7, 11) is 0. The van der Waals surface area contributed by atoms with E-state index >= 15 is 0 Å². The van der Waals surface area contributed by atoms with Gasteiger partial charge in [-0.15, -0.1) is 0 Å². The molecule has 0 fully saturated rings. The normalized spacial score (nSPS) is 11.1. The van der Waals surface area contributed by atoms with Gasteiger partial charge in [-0.3, -0.25) is 0 Å². The summed E-state index contributed by atoms with van der Waals surface area (Å²) >= 11 is 0. The van der Waals surface area contributed by atoms with E-state index in [2.05, 4.69) is 50.5 Å². The first-order valence-corrected chi connectivity index (χ1v) is 8.18. The molecular formula is C18H30N2O2. The van der Waals surface area contributed by atoms with Crippen molar-refractivity contribution in [1.29, 1.82) is 0 Å². The largest absolute Gasteiger partial charge is 0.492 e. The van der Waals surface area contributed by atoms with E-state index in [0.717, 1.165) is 31.6 Å². The number of rotatable bonds is 8. The van der Waals surface area contributed by atoms with Gasteiger partial charge in [-0.05, 0) is 29.5 Å². The second-order valence-electron chi connectivity index (χ2n) is 6.51. The van der Waals surface area contributed by atoms with Gasteiger partial charge in [-0.25, -0.2) is 4.79 Å². The highest BCUT2D eigenvalue weighted by Gasteiger charge is 2.12. The van der Waals surface area contributed by atoms with Crippen molar-refractivity contribution < 1.29 is 9.53 Å². The van der Waals surface area contributed by atoms with Crippen LogP contribution in [0.3, 0.4) is 0 Å². The molecule has 0 radical (unpaired) electrons. The van der Waals surface area contributed by atoms with Gasteiger partial charge >= 0.3 is 6.03 Å². The van der Waals surface area contributed by atoms with Crippen LogP contribution in [0.4, 0.5) is 4.79 Å². The van der Waals surface area contributed by atoms with E-state index in [1.54, 1.807) is 0 Å². The Kier molecular flexibility index (Phi) is 7.78. The zero-order chi connectivity index (χ0) is 16.4. The third-order valence-corrected chi connectivity index (χ3v) is 3.44. The van der Waals surface area contributed by atoms with Gasteiger partial charge in [0.1, 0.15) is 12.4 Å². The molecule has 4 heteroatoms. The van der Waals surface area contributed by atoms with Crippen LogP contribution in [0.2, 0.25) is 0 Å². The van der Waals surface area contributed by atoms with Gasteiger partial charge in [0.05, 0.1) is 6.54 Å². The van der Waals surface area contributed by atoms with Crippen LogP contribution in [0.15, 0.2) is 24.3 Å². The molecule has 1 rings (SSSR count). The summed E-state index contributed by atoms with van der Waals surface area (Å²) < 4.78 is 5.62. The summed E-state index contributed by atoms with van der Waals surface area (Å²) in [5.41, 5.74) is 1.43. The van der Waals surface area contributed by atoms with E-state index < -0.39 is 0 Å². The number of carbonyl (C=O) groups excluding carboxylic acids is 1. The predicted molar refractivity (Wildman–Crippen MR) is 91.6 cm³/mol. The number of benzene rings is 1. The molecule has 0 aromatic heterocycles. The molecule has 124 valence electrons. The van der Waals surface area contributed by atoms with Gasteiger partial charge in [0, 0.05) is 6.54 Å². The van der Waals surface area contributed by atoms with Gasteiger partial charge in [-0.1, -0.05) is 52.7 Å². The Morgan fingerprint density at radius 2 is 1.68 bits per heavy atom. The number of ether oxygens (including phenoxy) is 1. The maximum atomic E-state index is 11.5. The molecule has 22 heavy (non-hydrogen) atoms. The highest BCUT2D eigenvalue weighted by atomic mass is 16.5. The minimum atomic E-state index is -0.122. The Bertz CT molecular complexity index is 435. The van der Waals surface area contributed by atoms with E-state index in [4.69, 9.17) is 4.74 Å². The molecule has 0 heterocycles. The third-order valence-electron chi connectivity index (χ3n) is 3.44. The van der Waals surface area contributed by atoms with Crippen LogP contribution in [-0.4, -0.2) is 25.7 Å². The summed E-state index contributed by atoms with van der Waals surface area (Å²) in [6.45, 7) is 10.4. The fourth-order valence-electron chi connectivity index (χ4n) is 2.02. The van der Waals surface area contributed by atoms with Gasteiger partial charge in [0.15, 0.2) is 0 Å². The Hall–Kier alpha value is -1.71. The van der Waals surface area contributed by atoms with Crippen molar-refractivity contribution in [2.45, 2.75) is 52.4 Å². The summed E-state index contributed by atoms with van der Waals surface area (Å²) in [6.07, 6.45) is 3.33. The molecule has 1 aromatic rings. The fourth-order valence-corrected chi connectivity index (χ4v) is 2.02. The van der Waals surface area contributed by atoms with Crippen LogP contribution in [0.25, 0.3) is 0 Å². The molecule has 0 bridgehead atoms.